The number of pyridine rings is 1. The van der Waals surface area contributed by atoms with Crippen molar-refractivity contribution in [1.82, 2.24) is 20.0 Å². The maximum Gasteiger partial charge on any atom is 0.257 e. The van der Waals surface area contributed by atoms with Gasteiger partial charge in [0.05, 0.1) is 13.7 Å². The number of likely N-dealkylation sites (tertiary alicyclic amines) is 1. The monoisotopic (exact) mass is 464 g/mol. The molecule has 3 aromatic rings. The molecule has 0 aliphatic carbocycles. The van der Waals surface area contributed by atoms with Gasteiger partial charge in [-0.25, -0.2) is 4.98 Å². The number of hydrogen-bond donors (Lipinski definition) is 0. The second-order valence-corrected chi connectivity index (χ2v) is 8.04. The highest BCUT2D eigenvalue weighted by atomic mass is 16.5. The number of benzene rings is 1. The van der Waals surface area contributed by atoms with Crippen LogP contribution in [0.4, 0.5) is 0 Å². The van der Waals surface area contributed by atoms with Crippen LogP contribution >= 0.6 is 0 Å². The summed E-state index contributed by atoms with van der Waals surface area (Å²) in [5, 5.41) is 4.08. The highest BCUT2D eigenvalue weighted by Gasteiger charge is 2.28. The van der Waals surface area contributed by atoms with Gasteiger partial charge < -0.3 is 18.9 Å². The Bertz CT molecular complexity index is 1120. The van der Waals surface area contributed by atoms with Gasteiger partial charge in [0.1, 0.15) is 5.69 Å². The molecule has 1 aromatic carbocycles. The van der Waals surface area contributed by atoms with Crippen LogP contribution in [0.3, 0.4) is 0 Å². The first-order chi connectivity index (χ1) is 16.6. The van der Waals surface area contributed by atoms with Gasteiger partial charge in [-0.05, 0) is 31.9 Å². The second-order valence-electron chi connectivity index (χ2n) is 8.04. The van der Waals surface area contributed by atoms with Gasteiger partial charge in [0.15, 0.2) is 11.5 Å². The topological polar surface area (TPSA) is 108 Å². The van der Waals surface area contributed by atoms with E-state index in [0.29, 0.717) is 54.3 Å². The lowest BCUT2D eigenvalue weighted by Gasteiger charge is -2.30. The van der Waals surface area contributed by atoms with Crippen molar-refractivity contribution in [3.8, 4) is 23.1 Å². The molecule has 0 saturated carbocycles. The highest BCUT2D eigenvalue weighted by molar-refractivity contribution is 5.97. The average molecular weight is 465 g/mol. The molecule has 34 heavy (non-hydrogen) atoms. The number of ether oxygens (including phenoxy) is 2. The predicted molar refractivity (Wildman–Crippen MR) is 124 cm³/mol. The lowest BCUT2D eigenvalue weighted by Crippen LogP contribution is -2.38. The summed E-state index contributed by atoms with van der Waals surface area (Å²) >= 11 is 0. The molecule has 9 heteroatoms. The van der Waals surface area contributed by atoms with E-state index >= 15 is 0 Å². The first kappa shape index (κ1) is 23.4. The number of amides is 1. The number of Topliss-reactive ketones (excluding diaryl/α,β-unsaturated/α-hetero) is 1. The van der Waals surface area contributed by atoms with Gasteiger partial charge in [0, 0.05) is 37.4 Å². The summed E-state index contributed by atoms with van der Waals surface area (Å²) in [6.45, 7) is 3.59. The van der Waals surface area contributed by atoms with Crippen LogP contribution in [-0.4, -0.2) is 58.5 Å². The summed E-state index contributed by atoms with van der Waals surface area (Å²) < 4.78 is 16.3. The minimum absolute atomic E-state index is 0.000341. The van der Waals surface area contributed by atoms with Crippen molar-refractivity contribution in [2.24, 2.45) is 0 Å². The van der Waals surface area contributed by atoms with Crippen LogP contribution < -0.4 is 9.47 Å². The number of carbonyl (C=O) groups excluding carboxylic acids is 2. The first-order valence-corrected chi connectivity index (χ1v) is 11.5. The van der Waals surface area contributed by atoms with Gasteiger partial charge >= 0.3 is 0 Å². The molecule has 4 rings (SSSR count). The molecule has 0 bridgehead atoms. The van der Waals surface area contributed by atoms with Crippen molar-refractivity contribution < 1.29 is 23.6 Å². The molecule has 1 fully saturated rings. The zero-order valence-corrected chi connectivity index (χ0v) is 19.4. The molecule has 9 nitrogen and oxygen atoms in total. The molecule has 1 aliphatic rings. The average Bonchev–Trinajstić information content (AvgIpc) is 3.38. The van der Waals surface area contributed by atoms with Gasteiger partial charge in [-0.2, -0.15) is 4.98 Å². The molecule has 1 saturated heterocycles. The van der Waals surface area contributed by atoms with Crippen LogP contribution in [0.25, 0.3) is 11.5 Å². The molecule has 0 atom stereocenters. The molecule has 1 amide bonds. The van der Waals surface area contributed by atoms with Gasteiger partial charge in [-0.15, -0.1) is 0 Å². The Morgan fingerprint density at radius 3 is 2.53 bits per heavy atom. The second kappa shape index (κ2) is 10.9. The minimum atomic E-state index is -0.0123. The number of piperidine rings is 1. The van der Waals surface area contributed by atoms with Crippen molar-refractivity contribution in [2.75, 3.05) is 26.8 Å². The molecule has 3 heterocycles. The fourth-order valence-corrected chi connectivity index (χ4v) is 3.99. The van der Waals surface area contributed by atoms with Gasteiger partial charge in [0.2, 0.25) is 17.6 Å². The van der Waals surface area contributed by atoms with Crippen LogP contribution in [0.5, 0.6) is 11.6 Å². The molecule has 2 aromatic heterocycles. The van der Waals surface area contributed by atoms with Crippen molar-refractivity contribution in [3.63, 3.8) is 0 Å². The van der Waals surface area contributed by atoms with Crippen molar-refractivity contribution in [3.05, 3.63) is 53.9 Å². The number of ketones is 1. The van der Waals surface area contributed by atoms with E-state index in [2.05, 4.69) is 15.1 Å². The summed E-state index contributed by atoms with van der Waals surface area (Å²) in [6.07, 6.45) is 1.88. The molecular formula is C25H28N4O5. The molecule has 1 aliphatic heterocycles. The normalized spacial score (nSPS) is 14.1. The summed E-state index contributed by atoms with van der Waals surface area (Å²) in [5.74, 6) is 1.90. The van der Waals surface area contributed by atoms with E-state index in [9.17, 15) is 9.59 Å². The Hall–Kier alpha value is -3.75. The molecule has 0 unspecified atom stereocenters. The summed E-state index contributed by atoms with van der Waals surface area (Å²) in [6, 6.07) is 12.6. The molecule has 0 spiro atoms. The number of carbonyl (C=O) groups is 2. The largest absolute Gasteiger partial charge is 0.488 e. The minimum Gasteiger partial charge on any atom is -0.488 e. The third kappa shape index (κ3) is 5.41. The van der Waals surface area contributed by atoms with E-state index in [1.54, 1.807) is 24.3 Å². The number of methoxy groups -OCH3 is 1. The standard InChI is InChI=1S/C25H28N4O5/c1-3-33-21-11-9-19(26-25(21)32-2)23-27-24(34-28-23)18-13-15-29(16-14-18)22(31)12-10-20(30)17-7-5-4-6-8-17/h4-9,11,18H,3,10,12-16H2,1-2H3. The molecule has 0 radical (unpaired) electrons. The van der Waals surface area contributed by atoms with Crippen LogP contribution in [0.1, 0.15) is 54.8 Å². The van der Waals surface area contributed by atoms with E-state index in [1.807, 2.05) is 30.0 Å². The zero-order valence-electron chi connectivity index (χ0n) is 19.4. The Morgan fingerprint density at radius 1 is 1.06 bits per heavy atom. The maximum atomic E-state index is 12.6. The van der Waals surface area contributed by atoms with Gasteiger partial charge in [-0.3, -0.25) is 9.59 Å². The summed E-state index contributed by atoms with van der Waals surface area (Å²) in [7, 11) is 1.53. The smallest absolute Gasteiger partial charge is 0.257 e. The molecule has 0 N–H and O–H groups in total. The van der Waals surface area contributed by atoms with Gasteiger partial charge in [0.25, 0.3) is 5.88 Å². The lowest BCUT2D eigenvalue weighted by molar-refractivity contribution is -0.132. The molecular weight excluding hydrogens is 436 g/mol. The molecule has 178 valence electrons. The van der Waals surface area contributed by atoms with Crippen LogP contribution in [0, 0.1) is 0 Å². The fraction of sp³-hybridized carbons (Fsp3) is 0.400. The Morgan fingerprint density at radius 2 is 1.82 bits per heavy atom. The number of hydrogen-bond acceptors (Lipinski definition) is 8. The van der Waals surface area contributed by atoms with Crippen LogP contribution in [0.15, 0.2) is 47.0 Å². The van der Waals surface area contributed by atoms with Crippen molar-refractivity contribution in [1.29, 1.82) is 0 Å². The maximum absolute atomic E-state index is 12.6. The number of nitrogens with zero attached hydrogens (tertiary/aromatic N) is 4. The Balaban J connectivity index is 1.31. The van der Waals surface area contributed by atoms with E-state index < -0.39 is 0 Å². The van der Waals surface area contributed by atoms with E-state index in [1.165, 1.54) is 7.11 Å². The third-order valence-corrected chi connectivity index (χ3v) is 5.85. The fourth-order valence-electron chi connectivity index (χ4n) is 3.99. The van der Waals surface area contributed by atoms with Crippen molar-refractivity contribution in [2.45, 2.75) is 38.5 Å². The van der Waals surface area contributed by atoms with Crippen LogP contribution in [0.2, 0.25) is 0 Å². The van der Waals surface area contributed by atoms with Crippen LogP contribution in [-0.2, 0) is 4.79 Å². The predicted octanol–water partition coefficient (Wildman–Crippen LogP) is 3.91. The quantitative estimate of drug-likeness (QED) is 0.439. The zero-order chi connectivity index (χ0) is 23.9. The number of rotatable bonds is 9. The van der Waals surface area contributed by atoms with E-state index in [0.717, 1.165) is 12.8 Å². The summed E-state index contributed by atoms with van der Waals surface area (Å²) in [5.41, 5.74) is 1.17. The van der Waals surface area contributed by atoms with E-state index in [-0.39, 0.29) is 30.4 Å². The van der Waals surface area contributed by atoms with Gasteiger partial charge in [-0.1, -0.05) is 35.5 Å². The number of aromatic nitrogens is 3. The van der Waals surface area contributed by atoms with E-state index in [4.69, 9.17) is 14.0 Å². The SMILES string of the molecule is CCOc1ccc(-c2noc(C3CCN(C(=O)CCC(=O)c4ccccc4)CC3)n2)nc1OC. The third-order valence-electron chi connectivity index (χ3n) is 5.85. The lowest BCUT2D eigenvalue weighted by atomic mass is 9.96. The van der Waals surface area contributed by atoms with Crippen molar-refractivity contribution >= 4 is 11.7 Å². The Kier molecular flexibility index (Phi) is 7.51. The Labute approximate surface area is 198 Å². The summed E-state index contributed by atoms with van der Waals surface area (Å²) in [4.78, 5) is 35.6. The first-order valence-electron chi connectivity index (χ1n) is 11.5. The highest BCUT2D eigenvalue weighted by Crippen LogP contribution is 2.31.